The van der Waals surface area contributed by atoms with E-state index in [0.29, 0.717) is 0 Å². The van der Waals surface area contributed by atoms with E-state index in [-0.39, 0.29) is 40.7 Å². The van der Waals surface area contributed by atoms with Crippen LogP contribution in [0.15, 0.2) is 17.0 Å². The first-order valence-electron chi connectivity index (χ1n) is 3.95. The summed E-state index contributed by atoms with van der Waals surface area (Å²) < 4.78 is 38.9. The number of aryl methyl sites for hydroxylation is 1. The van der Waals surface area contributed by atoms with Crippen molar-refractivity contribution in [2.24, 2.45) is 0 Å². The minimum Gasteiger partial charge on any atom is -0.768 e. The van der Waals surface area contributed by atoms with Gasteiger partial charge in [-0.2, -0.15) is 0 Å². The largest absolute Gasteiger partial charge is 1.00 e. The third kappa shape index (κ3) is 3.36. The van der Waals surface area contributed by atoms with Gasteiger partial charge < -0.3 is 9.29 Å². The van der Waals surface area contributed by atoms with E-state index in [9.17, 15) is 17.9 Å². The zero-order valence-corrected chi connectivity index (χ0v) is 11.9. The SMILES string of the molecule is COC(=O)c1cc(C)c(F)c(S(=O)[O-])c1.[Na+]. The van der Waals surface area contributed by atoms with E-state index in [1.165, 1.54) is 13.0 Å². The van der Waals surface area contributed by atoms with Crippen molar-refractivity contribution < 1.29 is 52.2 Å². The fourth-order valence-corrected chi connectivity index (χ4v) is 1.62. The van der Waals surface area contributed by atoms with Crippen LogP contribution in [0.25, 0.3) is 0 Å². The van der Waals surface area contributed by atoms with Crippen LogP contribution in [-0.4, -0.2) is 21.8 Å². The van der Waals surface area contributed by atoms with E-state index in [2.05, 4.69) is 4.74 Å². The van der Waals surface area contributed by atoms with Gasteiger partial charge in [0.1, 0.15) is 5.82 Å². The summed E-state index contributed by atoms with van der Waals surface area (Å²) in [4.78, 5) is 10.6. The van der Waals surface area contributed by atoms with Crippen LogP contribution >= 0.6 is 0 Å². The molecule has 0 heterocycles. The van der Waals surface area contributed by atoms with Crippen LogP contribution in [0.5, 0.6) is 0 Å². The third-order valence-corrected chi connectivity index (χ3v) is 2.48. The molecule has 0 aromatic heterocycles. The Morgan fingerprint density at radius 1 is 1.50 bits per heavy atom. The first-order chi connectivity index (χ1) is 6.97. The molecule has 4 nitrogen and oxygen atoms in total. The maximum atomic E-state index is 13.3. The number of halogens is 1. The molecule has 0 aliphatic rings. The molecule has 1 unspecified atom stereocenters. The van der Waals surface area contributed by atoms with Gasteiger partial charge in [0.25, 0.3) is 0 Å². The summed E-state index contributed by atoms with van der Waals surface area (Å²) in [6.45, 7) is 1.37. The fourth-order valence-electron chi connectivity index (χ4n) is 1.09. The number of carbonyl (C=O) groups excluding carboxylic acids is 1. The van der Waals surface area contributed by atoms with Crippen LogP contribution in [0.3, 0.4) is 0 Å². The molecule has 1 atom stereocenters. The quantitative estimate of drug-likeness (QED) is 0.353. The molecular weight excluding hydrogens is 246 g/mol. The van der Waals surface area contributed by atoms with Crippen molar-refractivity contribution in [2.45, 2.75) is 11.8 Å². The van der Waals surface area contributed by atoms with Crippen molar-refractivity contribution in [3.8, 4) is 0 Å². The van der Waals surface area contributed by atoms with Crippen molar-refractivity contribution in [1.82, 2.24) is 0 Å². The van der Waals surface area contributed by atoms with Gasteiger partial charge in [0.15, 0.2) is 0 Å². The van der Waals surface area contributed by atoms with Crippen molar-refractivity contribution >= 4 is 17.0 Å². The molecule has 82 valence electrons. The van der Waals surface area contributed by atoms with E-state index >= 15 is 0 Å². The van der Waals surface area contributed by atoms with E-state index in [4.69, 9.17) is 0 Å². The second-order valence-corrected chi connectivity index (χ2v) is 3.74. The van der Waals surface area contributed by atoms with Crippen LogP contribution in [0.1, 0.15) is 15.9 Å². The number of esters is 1. The number of hydrogen-bond acceptors (Lipinski definition) is 4. The molecule has 0 saturated heterocycles. The zero-order chi connectivity index (χ0) is 11.6. The van der Waals surface area contributed by atoms with Gasteiger partial charge in [-0.1, -0.05) is 0 Å². The summed E-state index contributed by atoms with van der Waals surface area (Å²) >= 11 is -2.71. The van der Waals surface area contributed by atoms with E-state index in [1.54, 1.807) is 0 Å². The molecular formula is C9H8FNaO4S. The van der Waals surface area contributed by atoms with Gasteiger partial charge in [-0.05, 0) is 35.7 Å². The summed E-state index contributed by atoms with van der Waals surface area (Å²) in [5, 5.41) is 0. The Labute approximate surface area is 117 Å². The van der Waals surface area contributed by atoms with E-state index in [0.717, 1.165) is 13.2 Å². The molecule has 7 heteroatoms. The van der Waals surface area contributed by atoms with Gasteiger partial charge in [0, 0.05) is 0 Å². The smallest absolute Gasteiger partial charge is 0.768 e. The standard InChI is InChI=1S/C9H9FO4S.Na/c1-5-3-6(9(11)14-2)4-7(8(5)10)15(12)13;/h3-4H,1-2H3,(H,12,13);/q;+1/p-1. The number of methoxy groups -OCH3 is 1. The maximum absolute atomic E-state index is 13.3. The molecule has 0 bridgehead atoms. The molecule has 16 heavy (non-hydrogen) atoms. The third-order valence-electron chi connectivity index (χ3n) is 1.82. The van der Waals surface area contributed by atoms with Crippen LogP contribution in [0.4, 0.5) is 4.39 Å². The molecule has 0 aliphatic heterocycles. The molecule has 1 rings (SSSR count). The van der Waals surface area contributed by atoms with Gasteiger partial charge >= 0.3 is 35.5 Å². The minimum absolute atomic E-state index is 0. The monoisotopic (exact) mass is 254 g/mol. The number of ether oxygens (including phenoxy) is 1. The predicted octanol–water partition coefficient (Wildman–Crippen LogP) is -1.84. The number of rotatable bonds is 2. The van der Waals surface area contributed by atoms with Crippen LogP contribution in [0.2, 0.25) is 0 Å². The molecule has 0 N–H and O–H groups in total. The number of benzene rings is 1. The number of hydrogen-bond donors (Lipinski definition) is 0. The Morgan fingerprint density at radius 3 is 2.50 bits per heavy atom. The summed E-state index contributed by atoms with van der Waals surface area (Å²) in [7, 11) is 1.16. The van der Waals surface area contributed by atoms with Gasteiger partial charge in [-0.15, -0.1) is 0 Å². The Morgan fingerprint density at radius 2 is 2.06 bits per heavy atom. The second-order valence-electron chi connectivity index (χ2n) is 2.83. The van der Waals surface area contributed by atoms with Crippen LogP contribution in [-0.2, 0) is 15.8 Å². The van der Waals surface area contributed by atoms with Crippen LogP contribution < -0.4 is 29.6 Å². The minimum atomic E-state index is -2.71. The molecule has 0 radical (unpaired) electrons. The summed E-state index contributed by atoms with van der Waals surface area (Å²) in [5.41, 5.74) is 0.0905. The van der Waals surface area contributed by atoms with Gasteiger partial charge in [-0.3, -0.25) is 4.21 Å². The van der Waals surface area contributed by atoms with Crippen molar-refractivity contribution in [1.29, 1.82) is 0 Å². The van der Waals surface area contributed by atoms with Gasteiger partial charge in [-0.25, -0.2) is 9.18 Å². The fraction of sp³-hybridized carbons (Fsp3) is 0.222. The van der Waals surface area contributed by atoms with Crippen molar-refractivity contribution in [2.75, 3.05) is 7.11 Å². The average Bonchev–Trinajstić information content (AvgIpc) is 2.20. The van der Waals surface area contributed by atoms with Gasteiger partial charge in [0.05, 0.1) is 17.6 Å². The molecule has 0 saturated carbocycles. The van der Waals surface area contributed by atoms with Crippen molar-refractivity contribution in [3.63, 3.8) is 0 Å². The second kappa shape index (κ2) is 6.46. The first-order valence-corrected chi connectivity index (χ1v) is 5.02. The Hall–Kier alpha value is -0.270. The Balaban J connectivity index is 0.00000225. The van der Waals surface area contributed by atoms with E-state index < -0.39 is 27.8 Å². The topological polar surface area (TPSA) is 66.4 Å². The molecule has 0 spiro atoms. The maximum Gasteiger partial charge on any atom is 1.00 e. The summed E-state index contributed by atoms with van der Waals surface area (Å²) in [6, 6.07) is 2.18. The number of carbonyl (C=O) groups is 1. The summed E-state index contributed by atoms with van der Waals surface area (Å²) in [6.07, 6.45) is 0. The van der Waals surface area contributed by atoms with Gasteiger partial charge in [0.2, 0.25) is 0 Å². The van der Waals surface area contributed by atoms with Crippen LogP contribution in [0, 0.1) is 12.7 Å². The van der Waals surface area contributed by atoms with E-state index in [1.807, 2.05) is 0 Å². The normalized spacial score (nSPS) is 11.5. The first kappa shape index (κ1) is 15.7. The molecule has 0 aliphatic carbocycles. The molecule has 1 aromatic carbocycles. The molecule has 1 aromatic rings. The molecule has 0 amide bonds. The van der Waals surface area contributed by atoms with Crippen molar-refractivity contribution in [3.05, 3.63) is 29.1 Å². The predicted molar refractivity (Wildman–Crippen MR) is 49.7 cm³/mol. The Kier molecular flexibility index (Phi) is 6.35. The Bertz CT molecular complexity index is 436. The zero-order valence-electron chi connectivity index (χ0n) is 9.07. The molecule has 0 fully saturated rings. The average molecular weight is 254 g/mol. The summed E-state index contributed by atoms with van der Waals surface area (Å²) in [5.74, 6) is -1.55.